The molecule has 33 heavy (non-hydrogen) atoms. The number of halogens is 3. The Labute approximate surface area is 212 Å². The number of ether oxygens (including phenoxy) is 2. The standard InChI is InChI=1S/C21H23Cl3N4O4S/c1-12(29)25-14-5-7-15(8-6-14)26-20(33)28-19(21(22,23)24)27-18(30)10-13-4-9-16(31-2)11-17(13)32-3/h4-9,11,19H,10H2,1-3H3,(H,25,29)(H,27,30)(H2,26,28,33). The average molecular weight is 534 g/mol. The number of alkyl halides is 3. The lowest BCUT2D eigenvalue weighted by Crippen LogP contribution is -2.56. The van der Waals surface area contributed by atoms with Crippen molar-refractivity contribution in [2.45, 2.75) is 23.3 Å². The Bertz CT molecular complexity index is 1000. The van der Waals surface area contributed by atoms with Gasteiger partial charge in [0.05, 0.1) is 20.6 Å². The molecule has 0 heterocycles. The van der Waals surface area contributed by atoms with Gasteiger partial charge in [0.25, 0.3) is 0 Å². The van der Waals surface area contributed by atoms with Crippen molar-refractivity contribution in [1.82, 2.24) is 10.6 Å². The highest BCUT2D eigenvalue weighted by atomic mass is 35.6. The molecular formula is C21H23Cl3N4O4S. The molecule has 0 bridgehead atoms. The van der Waals surface area contributed by atoms with E-state index in [0.29, 0.717) is 28.4 Å². The van der Waals surface area contributed by atoms with Crippen LogP contribution in [0.4, 0.5) is 11.4 Å². The number of benzene rings is 2. The summed E-state index contributed by atoms with van der Waals surface area (Å²) < 4.78 is 8.57. The van der Waals surface area contributed by atoms with E-state index in [9.17, 15) is 9.59 Å². The number of anilines is 2. The number of nitrogens with one attached hydrogen (secondary N) is 4. The molecule has 4 N–H and O–H groups in total. The van der Waals surface area contributed by atoms with Crippen molar-refractivity contribution in [3.63, 3.8) is 0 Å². The molecule has 1 unspecified atom stereocenters. The fourth-order valence-electron chi connectivity index (χ4n) is 2.72. The average Bonchev–Trinajstić information content (AvgIpc) is 2.74. The molecule has 12 heteroatoms. The third kappa shape index (κ3) is 8.77. The van der Waals surface area contributed by atoms with Gasteiger partial charge in [-0.15, -0.1) is 0 Å². The van der Waals surface area contributed by atoms with E-state index in [1.807, 2.05) is 0 Å². The van der Waals surface area contributed by atoms with Crippen molar-refractivity contribution in [3.8, 4) is 11.5 Å². The number of carbonyl (C=O) groups excluding carboxylic acids is 2. The second-order valence-corrected chi connectivity index (χ2v) is 9.53. The monoisotopic (exact) mass is 532 g/mol. The topological polar surface area (TPSA) is 101 Å². The normalized spacial score (nSPS) is 11.7. The molecule has 0 aliphatic heterocycles. The zero-order valence-corrected chi connectivity index (χ0v) is 21.1. The highest BCUT2D eigenvalue weighted by molar-refractivity contribution is 7.80. The summed E-state index contributed by atoms with van der Waals surface area (Å²) >= 11 is 23.4. The molecule has 0 aliphatic carbocycles. The minimum absolute atomic E-state index is 0.0309. The smallest absolute Gasteiger partial charge is 0.228 e. The minimum atomic E-state index is -1.90. The molecule has 2 aromatic carbocycles. The van der Waals surface area contributed by atoms with E-state index in [1.54, 1.807) is 42.5 Å². The lowest BCUT2D eigenvalue weighted by atomic mass is 10.1. The predicted octanol–water partition coefficient (Wildman–Crippen LogP) is 4.00. The third-order valence-electron chi connectivity index (χ3n) is 4.22. The van der Waals surface area contributed by atoms with Gasteiger partial charge in [-0.25, -0.2) is 0 Å². The van der Waals surface area contributed by atoms with Crippen LogP contribution in [-0.4, -0.2) is 41.1 Å². The Hall–Kier alpha value is -2.46. The number of thiocarbonyl (C=S) groups is 1. The van der Waals surface area contributed by atoms with Gasteiger partial charge in [0.15, 0.2) is 5.11 Å². The first-order chi connectivity index (χ1) is 15.5. The molecule has 0 aromatic heterocycles. The van der Waals surface area contributed by atoms with Crippen LogP contribution in [0.2, 0.25) is 0 Å². The van der Waals surface area contributed by atoms with Gasteiger partial charge < -0.3 is 30.7 Å². The number of amides is 2. The van der Waals surface area contributed by atoms with Crippen molar-refractivity contribution < 1.29 is 19.1 Å². The minimum Gasteiger partial charge on any atom is -0.497 e. The van der Waals surface area contributed by atoms with Crippen molar-refractivity contribution in [2.75, 3.05) is 24.9 Å². The maximum Gasteiger partial charge on any atom is 0.228 e. The molecule has 0 fully saturated rings. The first-order valence-corrected chi connectivity index (χ1v) is 11.1. The summed E-state index contributed by atoms with van der Waals surface area (Å²) in [6.45, 7) is 1.42. The van der Waals surface area contributed by atoms with Crippen LogP contribution in [0.5, 0.6) is 11.5 Å². The van der Waals surface area contributed by atoms with Crippen molar-refractivity contribution in [2.24, 2.45) is 0 Å². The molecule has 0 radical (unpaired) electrons. The Balaban J connectivity index is 2.02. The van der Waals surface area contributed by atoms with Crippen LogP contribution in [-0.2, 0) is 16.0 Å². The molecule has 2 rings (SSSR count). The molecule has 8 nitrogen and oxygen atoms in total. The highest BCUT2D eigenvalue weighted by Gasteiger charge is 2.34. The van der Waals surface area contributed by atoms with Gasteiger partial charge in [0, 0.05) is 29.9 Å². The lowest BCUT2D eigenvalue weighted by molar-refractivity contribution is -0.121. The van der Waals surface area contributed by atoms with Crippen LogP contribution < -0.4 is 30.7 Å². The van der Waals surface area contributed by atoms with Crippen LogP contribution in [0.15, 0.2) is 42.5 Å². The fourth-order valence-corrected chi connectivity index (χ4v) is 3.28. The number of methoxy groups -OCH3 is 2. The summed E-state index contributed by atoms with van der Waals surface area (Å²) in [6.07, 6.45) is -1.16. The van der Waals surface area contributed by atoms with Gasteiger partial charge in [-0.2, -0.15) is 0 Å². The van der Waals surface area contributed by atoms with Gasteiger partial charge >= 0.3 is 0 Å². The van der Waals surface area contributed by atoms with Crippen LogP contribution >= 0.6 is 47.0 Å². The largest absolute Gasteiger partial charge is 0.497 e. The van der Waals surface area contributed by atoms with E-state index >= 15 is 0 Å². The van der Waals surface area contributed by atoms with Gasteiger partial charge in [0.2, 0.25) is 15.6 Å². The second-order valence-electron chi connectivity index (χ2n) is 6.75. The van der Waals surface area contributed by atoms with Crippen LogP contribution in [0.25, 0.3) is 0 Å². The van der Waals surface area contributed by atoms with E-state index in [1.165, 1.54) is 21.1 Å². The van der Waals surface area contributed by atoms with Crippen molar-refractivity contribution in [3.05, 3.63) is 48.0 Å². The highest BCUT2D eigenvalue weighted by Crippen LogP contribution is 2.30. The third-order valence-corrected chi connectivity index (χ3v) is 5.09. The van der Waals surface area contributed by atoms with Gasteiger partial charge in [-0.3, -0.25) is 9.59 Å². The van der Waals surface area contributed by atoms with E-state index in [4.69, 9.17) is 56.5 Å². The molecular weight excluding hydrogens is 511 g/mol. The van der Waals surface area contributed by atoms with E-state index in [0.717, 1.165) is 0 Å². The molecule has 0 saturated carbocycles. The Morgan fingerprint density at radius 1 is 0.970 bits per heavy atom. The Kier molecular flexibility index (Phi) is 9.85. The number of rotatable bonds is 8. The van der Waals surface area contributed by atoms with Crippen molar-refractivity contribution in [1.29, 1.82) is 0 Å². The molecule has 178 valence electrons. The quantitative estimate of drug-likeness (QED) is 0.231. The Morgan fingerprint density at radius 3 is 2.09 bits per heavy atom. The summed E-state index contributed by atoms with van der Waals surface area (Å²) in [5.41, 5.74) is 1.88. The Morgan fingerprint density at radius 2 is 1.58 bits per heavy atom. The van der Waals surface area contributed by atoms with E-state index in [-0.39, 0.29) is 17.4 Å². The molecule has 2 amide bonds. The summed E-state index contributed by atoms with van der Waals surface area (Å²) in [4.78, 5) is 23.8. The SMILES string of the molecule is COc1ccc(CC(=O)NC(NC(=S)Nc2ccc(NC(C)=O)cc2)C(Cl)(Cl)Cl)c(OC)c1. The second kappa shape index (κ2) is 12.1. The lowest BCUT2D eigenvalue weighted by Gasteiger charge is -2.28. The molecule has 0 spiro atoms. The fraction of sp³-hybridized carbons (Fsp3) is 0.286. The van der Waals surface area contributed by atoms with Crippen LogP contribution in [0.1, 0.15) is 12.5 Å². The molecule has 0 saturated heterocycles. The summed E-state index contributed by atoms with van der Waals surface area (Å²) in [5, 5.41) is 11.1. The maximum absolute atomic E-state index is 12.6. The molecule has 1 atom stereocenters. The van der Waals surface area contributed by atoms with Crippen molar-refractivity contribution >= 4 is 75.3 Å². The van der Waals surface area contributed by atoms with E-state index < -0.39 is 15.9 Å². The van der Waals surface area contributed by atoms with Crippen LogP contribution in [0.3, 0.4) is 0 Å². The zero-order valence-electron chi connectivity index (χ0n) is 18.0. The number of carbonyl (C=O) groups is 2. The first kappa shape index (κ1) is 26.8. The first-order valence-electron chi connectivity index (χ1n) is 9.54. The summed E-state index contributed by atoms with van der Waals surface area (Å²) in [5.74, 6) is 0.479. The number of hydrogen-bond donors (Lipinski definition) is 4. The van der Waals surface area contributed by atoms with Gasteiger partial charge in [-0.05, 0) is 42.5 Å². The summed E-state index contributed by atoms with van der Waals surface area (Å²) in [6, 6.07) is 11.9. The predicted molar refractivity (Wildman–Crippen MR) is 136 cm³/mol. The molecule has 0 aliphatic rings. The number of hydrogen-bond acceptors (Lipinski definition) is 5. The van der Waals surface area contributed by atoms with Gasteiger partial charge in [0.1, 0.15) is 17.7 Å². The van der Waals surface area contributed by atoms with Crippen LogP contribution in [0, 0.1) is 0 Å². The maximum atomic E-state index is 12.6. The summed E-state index contributed by atoms with van der Waals surface area (Å²) in [7, 11) is 3.03. The van der Waals surface area contributed by atoms with E-state index in [2.05, 4.69) is 21.3 Å². The zero-order chi connectivity index (χ0) is 24.6. The van der Waals surface area contributed by atoms with Gasteiger partial charge in [-0.1, -0.05) is 40.9 Å². The molecule has 2 aromatic rings.